The van der Waals surface area contributed by atoms with E-state index < -0.39 is 6.04 Å². The molecule has 17 heavy (non-hydrogen) atoms. The summed E-state index contributed by atoms with van der Waals surface area (Å²) in [5.41, 5.74) is 0. The topological polar surface area (TPSA) is 49.4 Å². The maximum atomic E-state index is 12.1. The number of nitrogens with zero attached hydrogens (tertiary/aromatic N) is 1. The lowest BCUT2D eigenvalue weighted by Crippen LogP contribution is -2.64. The van der Waals surface area contributed by atoms with Crippen molar-refractivity contribution in [2.75, 3.05) is 12.8 Å². The minimum Gasteiger partial charge on any atom is -0.343 e. The molecule has 1 rings (SSSR count). The minimum absolute atomic E-state index is 0.0274. The van der Waals surface area contributed by atoms with Crippen molar-refractivity contribution in [1.29, 1.82) is 0 Å². The lowest BCUT2D eigenvalue weighted by Gasteiger charge is -2.40. The van der Waals surface area contributed by atoms with Crippen LogP contribution in [0.3, 0.4) is 0 Å². The summed E-state index contributed by atoms with van der Waals surface area (Å²) in [6.07, 6.45) is 2.02. The number of nitrogens with one attached hydrogen (secondary N) is 1. The molecule has 1 N–H and O–H groups in total. The maximum Gasteiger partial charge on any atom is 0.245 e. The number of thioether (sulfide) groups is 1. The number of rotatable bonds is 4. The van der Waals surface area contributed by atoms with Gasteiger partial charge in [0.15, 0.2) is 0 Å². The number of hydrogen-bond acceptors (Lipinski definition) is 3. The van der Waals surface area contributed by atoms with Gasteiger partial charge in [-0.1, -0.05) is 20.8 Å². The second kappa shape index (κ2) is 5.76. The molecule has 1 fully saturated rings. The Bertz CT molecular complexity index is 307. The second-order valence-corrected chi connectivity index (χ2v) is 6.23. The summed E-state index contributed by atoms with van der Waals surface area (Å²) in [6.45, 7) is 8.41. The van der Waals surface area contributed by atoms with Crippen molar-refractivity contribution in [1.82, 2.24) is 10.2 Å². The van der Waals surface area contributed by atoms with Crippen molar-refractivity contribution < 1.29 is 9.59 Å². The number of carbonyl (C=O) groups excluding carboxylic acids is 2. The molecule has 1 saturated heterocycles. The monoisotopic (exact) mass is 258 g/mol. The van der Waals surface area contributed by atoms with Gasteiger partial charge in [-0.05, 0) is 19.1 Å². The Labute approximate surface area is 108 Å². The van der Waals surface area contributed by atoms with Crippen molar-refractivity contribution >= 4 is 23.6 Å². The fraction of sp³-hybridized carbons (Fsp3) is 0.833. The molecule has 0 aromatic rings. The molecule has 5 heteroatoms. The number of amides is 2. The van der Waals surface area contributed by atoms with Crippen molar-refractivity contribution in [3.63, 3.8) is 0 Å². The molecule has 0 aromatic carbocycles. The van der Waals surface area contributed by atoms with Gasteiger partial charge in [-0.3, -0.25) is 9.59 Å². The molecule has 0 bridgehead atoms. The molecular weight excluding hydrogens is 236 g/mol. The van der Waals surface area contributed by atoms with E-state index in [0.29, 0.717) is 11.8 Å². The fourth-order valence-corrected chi connectivity index (χ4v) is 2.42. The number of hydrogen-bond donors (Lipinski definition) is 1. The number of piperazine rings is 1. The third kappa shape index (κ3) is 3.15. The summed E-state index contributed by atoms with van der Waals surface area (Å²) >= 11 is 1.71. The molecule has 1 aliphatic rings. The van der Waals surface area contributed by atoms with Gasteiger partial charge in [-0.2, -0.15) is 11.8 Å². The Kier molecular flexibility index (Phi) is 4.86. The average molecular weight is 258 g/mol. The van der Waals surface area contributed by atoms with E-state index >= 15 is 0 Å². The third-order valence-corrected chi connectivity index (χ3v) is 4.06. The third-order valence-electron chi connectivity index (χ3n) is 3.10. The molecule has 2 amide bonds. The molecule has 0 saturated carbocycles. The lowest BCUT2D eigenvalue weighted by atomic mass is 9.97. The molecular formula is C12H22N2O2S. The highest BCUT2D eigenvalue weighted by Crippen LogP contribution is 2.20. The largest absolute Gasteiger partial charge is 0.343 e. The van der Waals surface area contributed by atoms with Gasteiger partial charge in [0.05, 0.1) is 0 Å². The summed E-state index contributed by atoms with van der Waals surface area (Å²) in [5, 5.41) is 3.09. The van der Waals surface area contributed by atoms with E-state index in [9.17, 15) is 9.59 Å². The Morgan fingerprint density at radius 3 is 2.41 bits per heavy atom. The van der Waals surface area contributed by atoms with Gasteiger partial charge in [-0.25, -0.2) is 0 Å². The van der Waals surface area contributed by atoms with Gasteiger partial charge in [0.2, 0.25) is 11.8 Å². The van der Waals surface area contributed by atoms with Crippen LogP contribution in [-0.4, -0.2) is 46.8 Å². The van der Waals surface area contributed by atoms with Crippen LogP contribution in [0.2, 0.25) is 0 Å². The molecule has 98 valence electrons. The highest BCUT2D eigenvalue weighted by Gasteiger charge is 2.40. The van der Waals surface area contributed by atoms with E-state index in [2.05, 4.69) is 12.2 Å². The standard InChI is InChI=1S/C12H22N2O2S/c1-7(2)10-11(15)13-9(4)12(16)14(10)6-8(3)17-5/h7-10H,6H2,1-5H3,(H,13,15). The molecule has 1 heterocycles. The smallest absolute Gasteiger partial charge is 0.245 e. The first-order valence-electron chi connectivity index (χ1n) is 6.02. The molecule has 0 radical (unpaired) electrons. The van der Waals surface area contributed by atoms with E-state index in [4.69, 9.17) is 0 Å². The van der Waals surface area contributed by atoms with Crippen molar-refractivity contribution in [2.24, 2.45) is 5.92 Å². The van der Waals surface area contributed by atoms with Gasteiger partial charge in [0.1, 0.15) is 12.1 Å². The van der Waals surface area contributed by atoms with Crippen LogP contribution in [0.1, 0.15) is 27.7 Å². The Morgan fingerprint density at radius 1 is 1.35 bits per heavy atom. The Hall–Kier alpha value is -0.710. The van der Waals surface area contributed by atoms with Crippen LogP contribution >= 0.6 is 11.8 Å². The van der Waals surface area contributed by atoms with E-state index in [1.807, 2.05) is 20.1 Å². The fourth-order valence-electron chi connectivity index (χ4n) is 2.11. The molecule has 0 aliphatic carbocycles. The van der Waals surface area contributed by atoms with Gasteiger partial charge in [-0.15, -0.1) is 0 Å². The first kappa shape index (κ1) is 14.4. The Morgan fingerprint density at radius 2 is 1.94 bits per heavy atom. The summed E-state index contributed by atoms with van der Waals surface area (Å²) in [7, 11) is 0. The zero-order valence-electron chi connectivity index (χ0n) is 11.2. The minimum atomic E-state index is -0.397. The van der Waals surface area contributed by atoms with Crippen molar-refractivity contribution in [3.8, 4) is 0 Å². The quantitative estimate of drug-likeness (QED) is 0.822. The van der Waals surface area contributed by atoms with E-state index in [0.717, 1.165) is 0 Å². The molecule has 4 nitrogen and oxygen atoms in total. The van der Waals surface area contributed by atoms with Crippen LogP contribution in [0.5, 0.6) is 0 Å². The summed E-state index contributed by atoms with van der Waals surface area (Å²) in [6, 6.07) is -0.722. The van der Waals surface area contributed by atoms with Crippen LogP contribution in [0.25, 0.3) is 0 Å². The predicted molar refractivity (Wildman–Crippen MR) is 70.9 cm³/mol. The van der Waals surface area contributed by atoms with Crippen LogP contribution in [0, 0.1) is 5.92 Å². The van der Waals surface area contributed by atoms with Gasteiger partial charge < -0.3 is 10.2 Å². The van der Waals surface area contributed by atoms with Gasteiger partial charge in [0, 0.05) is 11.8 Å². The van der Waals surface area contributed by atoms with Crippen LogP contribution in [0.4, 0.5) is 0 Å². The molecule has 1 aliphatic heterocycles. The van der Waals surface area contributed by atoms with E-state index in [-0.39, 0.29) is 23.8 Å². The first-order valence-corrected chi connectivity index (χ1v) is 7.31. The SMILES string of the molecule is CSC(C)CN1C(=O)C(C)NC(=O)C1C(C)C. The number of carbonyl (C=O) groups is 2. The molecule has 3 atom stereocenters. The predicted octanol–water partition coefficient (Wildman–Crippen LogP) is 1.11. The average Bonchev–Trinajstić information content (AvgIpc) is 2.24. The molecule has 0 spiro atoms. The van der Waals surface area contributed by atoms with Crippen LogP contribution in [0.15, 0.2) is 0 Å². The summed E-state index contributed by atoms with van der Waals surface area (Å²) in [4.78, 5) is 25.8. The second-order valence-electron chi connectivity index (χ2n) is 4.96. The lowest BCUT2D eigenvalue weighted by molar-refractivity contribution is -0.150. The van der Waals surface area contributed by atoms with E-state index in [1.54, 1.807) is 23.6 Å². The normalized spacial score (nSPS) is 27.3. The van der Waals surface area contributed by atoms with Gasteiger partial charge >= 0.3 is 0 Å². The van der Waals surface area contributed by atoms with Crippen molar-refractivity contribution in [2.45, 2.75) is 45.0 Å². The first-order chi connectivity index (χ1) is 7.88. The van der Waals surface area contributed by atoms with Crippen LogP contribution in [-0.2, 0) is 9.59 Å². The highest BCUT2D eigenvalue weighted by molar-refractivity contribution is 7.99. The molecule has 0 aromatic heterocycles. The summed E-state index contributed by atoms with van der Waals surface area (Å²) in [5.74, 6) is 0.144. The van der Waals surface area contributed by atoms with E-state index in [1.165, 1.54) is 0 Å². The molecule has 3 unspecified atom stereocenters. The Balaban J connectivity index is 2.90. The highest BCUT2D eigenvalue weighted by atomic mass is 32.2. The summed E-state index contributed by atoms with van der Waals surface area (Å²) < 4.78 is 0. The zero-order chi connectivity index (χ0) is 13.2. The van der Waals surface area contributed by atoms with Crippen LogP contribution < -0.4 is 5.32 Å². The van der Waals surface area contributed by atoms with Gasteiger partial charge in [0.25, 0.3) is 0 Å². The zero-order valence-corrected chi connectivity index (χ0v) is 12.0. The maximum absolute atomic E-state index is 12.1. The van der Waals surface area contributed by atoms with Crippen molar-refractivity contribution in [3.05, 3.63) is 0 Å².